The van der Waals surface area contributed by atoms with E-state index in [-0.39, 0.29) is 0 Å². The molecule has 0 radical (unpaired) electrons. The molecule has 2 nitrogen and oxygen atoms in total. The van der Waals surface area contributed by atoms with Crippen LogP contribution in [0.2, 0.25) is 10.0 Å². The monoisotopic (exact) mass is 230 g/mol. The topological polar surface area (TPSA) is 24.9 Å². The van der Waals surface area contributed by atoms with Crippen LogP contribution in [-0.4, -0.2) is 18.6 Å². The summed E-state index contributed by atoms with van der Waals surface area (Å²) in [7, 11) is 1.92. The van der Waals surface area contributed by atoms with E-state index in [0.717, 1.165) is 18.5 Å². The van der Waals surface area contributed by atoms with Gasteiger partial charge in [0.1, 0.15) is 0 Å². The zero-order chi connectivity index (χ0) is 10.4. The molecule has 1 heterocycles. The Morgan fingerprint density at radius 1 is 1.36 bits per heavy atom. The molecule has 0 saturated carbocycles. The third kappa shape index (κ3) is 3.29. The lowest BCUT2D eigenvalue weighted by molar-refractivity contribution is 0.809. The number of nitrogens with one attached hydrogen (secondary N) is 1. The van der Waals surface area contributed by atoms with E-state index in [1.54, 1.807) is 12.4 Å². The number of aromatic nitrogens is 1. The molecule has 0 aliphatic carbocycles. The van der Waals surface area contributed by atoms with Crippen LogP contribution in [0.25, 0.3) is 6.08 Å². The van der Waals surface area contributed by atoms with Crippen molar-refractivity contribution in [1.82, 2.24) is 10.3 Å². The van der Waals surface area contributed by atoms with Gasteiger partial charge in [0, 0.05) is 18.0 Å². The number of nitrogens with zero attached hydrogens (tertiary/aromatic N) is 1. The van der Waals surface area contributed by atoms with Gasteiger partial charge in [-0.15, -0.1) is 0 Å². The molecule has 0 aliphatic heterocycles. The minimum Gasteiger partial charge on any atom is -0.319 e. The Bertz CT molecular complexity index is 304. The van der Waals surface area contributed by atoms with Crippen molar-refractivity contribution < 1.29 is 0 Å². The first kappa shape index (κ1) is 11.5. The Hall–Kier alpha value is -0.570. The summed E-state index contributed by atoms with van der Waals surface area (Å²) in [4.78, 5) is 3.88. The smallest absolute Gasteiger partial charge is 0.0676 e. The van der Waals surface area contributed by atoms with Gasteiger partial charge in [0.25, 0.3) is 0 Å². The maximum absolute atomic E-state index is 5.93. The van der Waals surface area contributed by atoms with E-state index >= 15 is 0 Å². The lowest BCUT2D eigenvalue weighted by Gasteiger charge is -1.99. The van der Waals surface area contributed by atoms with Gasteiger partial charge in [-0.1, -0.05) is 35.4 Å². The SMILES string of the molecule is CNCCC=Cc1c(Cl)cncc1Cl. The molecular formula is C10H12Cl2N2. The predicted molar refractivity (Wildman–Crippen MR) is 61.8 cm³/mol. The molecule has 0 bridgehead atoms. The summed E-state index contributed by atoms with van der Waals surface area (Å²) in [5.41, 5.74) is 0.833. The van der Waals surface area contributed by atoms with E-state index in [4.69, 9.17) is 23.2 Å². The molecule has 1 rings (SSSR count). The fourth-order valence-corrected chi connectivity index (χ4v) is 1.50. The van der Waals surface area contributed by atoms with Gasteiger partial charge < -0.3 is 5.32 Å². The molecule has 14 heavy (non-hydrogen) atoms. The molecule has 0 atom stereocenters. The van der Waals surface area contributed by atoms with Crippen LogP contribution in [0.15, 0.2) is 18.5 Å². The molecule has 0 unspecified atom stereocenters. The summed E-state index contributed by atoms with van der Waals surface area (Å²) >= 11 is 11.9. The first-order valence-corrected chi connectivity index (χ1v) is 5.11. The number of pyridine rings is 1. The van der Waals surface area contributed by atoms with Gasteiger partial charge in [-0.2, -0.15) is 0 Å². The zero-order valence-corrected chi connectivity index (χ0v) is 9.44. The van der Waals surface area contributed by atoms with Crippen molar-refractivity contribution in [2.75, 3.05) is 13.6 Å². The minimum atomic E-state index is 0.582. The number of rotatable bonds is 4. The zero-order valence-electron chi connectivity index (χ0n) is 7.93. The number of hydrogen-bond donors (Lipinski definition) is 1. The van der Waals surface area contributed by atoms with Gasteiger partial charge in [0.2, 0.25) is 0 Å². The molecule has 0 amide bonds. The molecule has 0 aromatic carbocycles. The molecule has 1 aromatic rings. The highest BCUT2D eigenvalue weighted by molar-refractivity contribution is 6.36. The van der Waals surface area contributed by atoms with Gasteiger partial charge in [-0.25, -0.2) is 0 Å². The van der Waals surface area contributed by atoms with E-state index in [9.17, 15) is 0 Å². The summed E-state index contributed by atoms with van der Waals surface area (Å²) in [6.07, 6.45) is 8.08. The van der Waals surface area contributed by atoms with Crippen LogP contribution in [0.4, 0.5) is 0 Å². The second-order valence-electron chi connectivity index (χ2n) is 2.81. The van der Waals surface area contributed by atoms with E-state index in [0.29, 0.717) is 10.0 Å². The fraction of sp³-hybridized carbons (Fsp3) is 0.300. The lowest BCUT2D eigenvalue weighted by atomic mass is 10.2. The van der Waals surface area contributed by atoms with Crippen molar-refractivity contribution in [2.24, 2.45) is 0 Å². The van der Waals surface area contributed by atoms with Crippen LogP contribution < -0.4 is 5.32 Å². The molecule has 4 heteroatoms. The fourth-order valence-electron chi connectivity index (χ4n) is 1.01. The van der Waals surface area contributed by atoms with Crippen LogP contribution in [0, 0.1) is 0 Å². The summed E-state index contributed by atoms with van der Waals surface area (Å²) in [5, 5.41) is 4.22. The first-order chi connectivity index (χ1) is 6.75. The summed E-state index contributed by atoms with van der Waals surface area (Å²) in [5.74, 6) is 0. The molecule has 0 aliphatic rings. The van der Waals surface area contributed by atoms with Gasteiger partial charge in [0.15, 0.2) is 0 Å². The lowest BCUT2D eigenvalue weighted by Crippen LogP contribution is -2.05. The van der Waals surface area contributed by atoms with Crippen LogP contribution >= 0.6 is 23.2 Å². The second-order valence-corrected chi connectivity index (χ2v) is 3.63. The molecule has 0 spiro atoms. The van der Waals surface area contributed by atoms with Crippen LogP contribution in [0.5, 0.6) is 0 Å². The van der Waals surface area contributed by atoms with Crippen molar-refractivity contribution in [3.8, 4) is 0 Å². The molecule has 1 N–H and O–H groups in total. The van der Waals surface area contributed by atoms with E-state index in [2.05, 4.69) is 10.3 Å². The van der Waals surface area contributed by atoms with Gasteiger partial charge in [-0.3, -0.25) is 4.98 Å². The average Bonchev–Trinajstić information content (AvgIpc) is 2.16. The third-order valence-electron chi connectivity index (χ3n) is 1.74. The van der Waals surface area contributed by atoms with Crippen molar-refractivity contribution >= 4 is 29.3 Å². The molecule has 76 valence electrons. The van der Waals surface area contributed by atoms with E-state index < -0.39 is 0 Å². The Morgan fingerprint density at radius 3 is 2.57 bits per heavy atom. The standard InChI is InChI=1S/C10H12Cl2N2/c1-13-5-3-2-4-8-9(11)6-14-7-10(8)12/h2,4,6-7,13H,3,5H2,1H3. The Kier molecular flexibility index (Phi) is 4.94. The van der Waals surface area contributed by atoms with Crippen molar-refractivity contribution in [3.63, 3.8) is 0 Å². The van der Waals surface area contributed by atoms with E-state index in [1.165, 1.54) is 0 Å². The van der Waals surface area contributed by atoms with Crippen molar-refractivity contribution in [2.45, 2.75) is 6.42 Å². The quantitative estimate of drug-likeness (QED) is 0.805. The normalized spacial score (nSPS) is 11.1. The van der Waals surface area contributed by atoms with Gasteiger partial charge in [-0.05, 0) is 20.0 Å². The first-order valence-electron chi connectivity index (χ1n) is 4.36. The van der Waals surface area contributed by atoms with Crippen molar-refractivity contribution in [3.05, 3.63) is 34.1 Å². The highest BCUT2D eigenvalue weighted by atomic mass is 35.5. The molecular weight excluding hydrogens is 219 g/mol. The second kappa shape index (κ2) is 6.02. The summed E-state index contributed by atoms with van der Waals surface area (Å²) < 4.78 is 0. The highest BCUT2D eigenvalue weighted by Crippen LogP contribution is 2.24. The van der Waals surface area contributed by atoms with Crippen LogP contribution in [0.3, 0.4) is 0 Å². The Balaban J connectivity index is 2.70. The van der Waals surface area contributed by atoms with E-state index in [1.807, 2.05) is 19.2 Å². The predicted octanol–water partition coefficient (Wildman–Crippen LogP) is 3.01. The minimum absolute atomic E-state index is 0.582. The maximum Gasteiger partial charge on any atom is 0.0676 e. The Morgan fingerprint density at radius 2 is 2.00 bits per heavy atom. The molecule has 0 saturated heterocycles. The highest BCUT2D eigenvalue weighted by Gasteiger charge is 2.01. The largest absolute Gasteiger partial charge is 0.319 e. The Labute approximate surface area is 93.9 Å². The van der Waals surface area contributed by atoms with Gasteiger partial charge in [0.05, 0.1) is 10.0 Å². The summed E-state index contributed by atoms with van der Waals surface area (Å²) in [6.45, 7) is 0.941. The van der Waals surface area contributed by atoms with Gasteiger partial charge >= 0.3 is 0 Å². The van der Waals surface area contributed by atoms with Crippen molar-refractivity contribution in [1.29, 1.82) is 0 Å². The summed E-state index contributed by atoms with van der Waals surface area (Å²) in [6, 6.07) is 0. The average molecular weight is 231 g/mol. The van der Waals surface area contributed by atoms with Crippen LogP contribution in [-0.2, 0) is 0 Å². The van der Waals surface area contributed by atoms with Crippen LogP contribution in [0.1, 0.15) is 12.0 Å². The maximum atomic E-state index is 5.93. The number of hydrogen-bond acceptors (Lipinski definition) is 2. The number of halogens is 2. The third-order valence-corrected chi connectivity index (χ3v) is 2.34. The molecule has 0 fully saturated rings. The molecule has 1 aromatic heterocycles.